The van der Waals surface area contributed by atoms with Gasteiger partial charge in [0.05, 0.1) is 6.54 Å². The quantitative estimate of drug-likeness (QED) is 0.751. The fourth-order valence-corrected chi connectivity index (χ4v) is 2.00. The predicted molar refractivity (Wildman–Crippen MR) is 78.4 cm³/mol. The van der Waals surface area contributed by atoms with Crippen LogP contribution in [-0.4, -0.2) is 19.9 Å². The van der Waals surface area contributed by atoms with Gasteiger partial charge < -0.3 is 14.8 Å². The summed E-state index contributed by atoms with van der Waals surface area (Å²) < 4.78 is 7.09. The summed E-state index contributed by atoms with van der Waals surface area (Å²) in [6.07, 6.45) is 1.68. The molecular weight excluding hydrogens is 268 g/mol. The van der Waals surface area contributed by atoms with Gasteiger partial charge in [-0.3, -0.25) is 4.68 Å². The molecule has 0 unspecified atom stereocenters. The highest BCUT2D eigenvalue weighted by Crippen LogP contribution is 2.18. The Kier molecular flexibility index (Phi) is 3.70. The minimum Gasteiger partial charge on any atom is -0.462 e. The van der Waals surface area contributed by atoms with Crippen molar-refractivity contribution in [3.05, 3.63) is 54.2 Å². The number of rotatable bonds is 5. The highest BCUT2D eigenvalue weighted by Gasteiger charge is 2.04. The fourth-order valence-electron chi connectivity index (χ4n) is 2.00. The summed E-state index contributed by atoms with van der Waals surface area (Å²) in [7, 11) is 1.84. The van der Waals surface area contributed by atoms with Crippen LogP contribution in [-0.2, 0) is 20.2 Å². The van der Waals surface area contributed by atoms with E-state index in [2.05, 4.69) is 15.4 Å². The van der Waals surface area contributed by atoms with Gasteiger partial charge in [0.2, 0.25) is 0 Å². The van der Waals surface area contributed by atoms with Gasteiger partial charge in [0.25, 0.3) is 0 Å². The highest BCUT2D eigenvalue weighted by molar-refractivity contribution is 5.59. The number of nitrogens with one attached hydrogen (secondary N) is 1. The average Bonchev–Trinajstić information content (AvgIpc) is 3.14. The van der Waals surface area contributed by atoms with E-state index in [-0.39, 0.29) is 6.61 Å². The number of hydrogen-bond donors (Lipinski definition) is 2. The van der Waals surface area contributed by atoms with E-state index in [1.54, 1.807) is 17.1 Å². The van der Waals surface area contributed by atoms with Crippen LogP contribution in [0.25, 0.3) is 11.4 Å². The number of aliphatic hydroxyl groups excluding tert-OH is 1. The molecule has 1 aromatic carbocycles. The minimum absolute atomic E-state index is 0.0776. The van der Waals surface area contributed by atoms with Gasteiger partial charge in [-0.2, -0.15) is 5.10 Å². The summed E-state index contributed by atoms with van der Waals surface area (Å²) in [6, 6.07) is 11.5. The highest BCUT2D eigenvalue weighted by atomic mass is 16.4. The van der Waals surface area contributed by atoms with Gasteiger partial charge in [-0.15, -0.1) is 0 Å². The average molecular weight is 284 g/mol. The molecule has 0 spiro atoms. The largest absolute Gasteiger partial charge is 0.462 e. The van der Waals surface area contributed by atoms with Gasteiger partial charge in [0.15, 0.2) is 5.82 Å². The molecule has 6 heteroatoms. The molecule has 2 aromatic heterocycles. The molecule has 21 heavy (non-hydrogen) atoms. The third kappa shape index (κ3) is 3.11. The molecule has 3 rings (SSSR count). The molecular formula is C15H16N4O2. The Balaban J connectivity index is 1.64. The van der Waals surface area contributed by atoms with Crippen molar-refractivity contribution in [2.24, 2.45) is 7.05 Å². The molecule has 0 bridgehead atoms. The second-order valence-electron chi connectivity index (χ2n) is 4.70. The fraction of sp³-hybridized carbons (Fsp3) is 0.200. The molecule has 108 valence electrons. The van der Waals surface area contributed by atoms with Crippen molar-refractivity contribution in [1.29, 1.82) is 0 Å². The Bertz CT molecular complexity index is 715. The predicted octanol–water partition coefficient (Wildman–Crippen LogP) is 2.18. The maximum Gasteiger partial charge on any atom is 0.181 e. The summed E-state index contributed by atoms with van der Waals surface area (Å²) in [5, 5.41) is 16.5. The standard InChI is InChI=1S/C15H16N4O2/c1-19-10-17-15(18-19)11-2-4-12(5-3-11)16-8-13-6-7-14(9-20)21-13/h2-7,10,16,20H,8-9H2,1H3. The van der Waals surface area contributed by atoms with E-state index in [9.17, 15) is 0 Å². The number of aromatic nitrogens is 3. The van der Waals surface area contributed by atoms with Crippen molar-refractivity contribution >= 4 is 5.69 Å². The zero-order valence-corrected chi connectivity index (χ0v) is 11.7. The first-order valence-corrected chi connectivity index (χ1v) is 6.63. The van der Waals surface area contributed by atoms with Crippen LogP contribution in [0.4, 0.5) is 5.69 Å². The topological polar surface area (TPSA) is 76.1 Å². The number of nitrogens with zero attached hydrogens (tertiary/aromatic N) is 3. The number of furan rings is 1. The summed E-state index contributed by atoms with van der Waals surface area (Å²) in [6.45, 7) is 0.493. The molecule has 0 aliphatic heterocycles. The first-order chi connectivity index (χ1) is 10.2. The Morgan fingerprint density at radius 2 is 1.90 bits per heavy atom. The normalized spacial score (nSPS) is 10.8. The van der Waals surface area contributed by atoms with E-state index >= 15 is 0 Å². The van der Waals surface area contributed by atoms with E-state index < -0.39 is 0 Å². The first kappa shape index (κ1) is 13.4. The Morgan fingerprint density at radius 3 is 2.52 bits per heavy atom. The summed E-state index contributed by atoms with van der Waals surface area (Å²) in [5.41, 5.74) is 1.96. The van der Waals surface area contributed by atoms with Crippen molar-refractivity contribution in [1.82, 2.24) is 14.8 Å². The second-order valence-corrected chi connectivity index (χ2v) is 4.70. The molecule has 0 saturated heterocycles. The van der Waals surface area contributed by atoms with Gasteiger partial charge in [0, 0.05) is 18.3 Å². The van der Waals surface area contributed by atoms with E-state index in [0.717, 1.165) is 17.0 Å². The van der Waals surface area contributed by atoms with E-state index in [0.29, 0.717) is 18.1 Å². The zero-order chi connectivity index (χ0) is 14.7. The number of aliphatic hydroxyl groups is 1. The summed E-state index contributed by atoms with van der Waals surface area (Å²) >= 11 is 0. The van der Waals surface area contributed by atoms with Crippen molar-refractivity contribution in [2.75, 3.05) is 5.32 Å². The molecule has 0 aliphatic rings. The van der Waals surface area contributed by atoms with Crippen LogP contribution in [0.5, 0.6) is 0 Å². The third-order valence-electron chi connectivity index (χ3n) is 3.08. The third-order valence-corrected chi connectivity index (χ3v) is 3.08. The molecule has 2 heterocycles. The van der Waals surface area contributed by atoms with Gasteiger partial charge in [-0.25, -0.2) is 4.98 Å². The van der Waals surface area contributed by atoms with Crippen molar-refractivity contribution in [3.63, 3.8) is 0 Å². The van der Waals surface area contributed by atoms with E-state index in [1.807, 2.05) is 37.4 Å². The first-order valence-electron chi connectivity index (χ1n) is 6.63. The number of benzene rings is 1. The molecule has 0 fully saturated rings. The van der Waals surface area contributed by atoms with Crippen LogP contribution in [0.15, 0.2) is 47.1 Å². The van der Waals surface area contributed by atoms with E-state index in [4.69, 9.17) is 9.52 Å². The lowest BCUT2D eigenvalue weighted by atomic mass is 10.2. The van der Waals surface area contributed by atoms with Crippen LogP contribution in [0.2, 0.25) is 0 Å². The molecule has 0 radical (unpaired) electrons. The van der Waals surface area contributed by atoms with Crippen molar-refractivity contribution in [2.45, 2.75) is 13.2 Å². The van der Waals surface area contributed by atoms with Crippen LogP contribution < -0.4 is 5.32 Å². The number of aryl methyl sites for hydroxylation is 1. The Labute approximate surface area is 122 Å². The Hall–Kier alpha value is -2.60. The molecule has 6 nitrogen and oxygen atoms in total. The van der Waals surface area contributed by atoms with E-state index in [1.165, 1.54) is 0 Å². The van der Waals surface area contributed by atoms with Crippen LogP contribution in [0.3, 0.4) is 0 Å². The monoisotopic (exact) mass is 284 g/mol. The van der Waals surface area contributed by atoms with Gasteiger partial charge in [0.1, 0.15) is 24.5 Å². The van der Waals surface area contributed by atoms with Crippen LogP contribution >= 0.6 is 0 Å². The number of anilines is 1. The molecule has 0 amide bonds. The van der Waals surface area contributed by atoms with Crippen molar-refractivity contribution in [3.8, 4) is 11.4 Å². The maximum atomic E-state index is 8.95. The smallest absolute Gasteiger partial charge is 0.181 e. The van der Waals surface area contributed by atoms with Crippen LogP contribution in [0.1, 0.15) is 11.5 Å². The minimum atomic E-state index is -0.0776. The Morgan fingerprint density at radius 1 is 1.14 bits per heavy atom. The lowest BCUT2D eigenvalue weighted by Crippen LogP contribution is -1.98. The lowest BCUT2D eigenvalue weighted by molar-refractivity contribution is 0.244. The van der Waals surface area contributed by atoms with Crippen LogP contribution in [0, 0.1) is 0 Å². The maximum absolute atomic E-state index is 8.95. The molecule has 3 aromatic rings. The van der Waals surface area contributed by atoms with Gasteiger partial charge in [-0.1, -0.05) is 0 Å². The lowest BCUT2D eigenvalue weighted by Gasteiger charge is -2.05. The molecule has 0 saturated carbocycles. The summed E-state index contributed by atoms with van der Waals surface area (Å²) in [5.74, 6) is 2.07. The number of hydrogen-bond acceptors (Lipinski definition) is 5. The second kappa shape index (κ2) is 5.80. The van der Waals surface area contributed by atoms with Crippen molar-refractivity contribution < 1.29 is 9.52 Å². The van der Waals surface area contributed by atoms with Gasteiger partial charge >= 0.3 is 0 Å². The SMILES string of the molecule is Cn1cnc(-c2ccc(NCc3ccc(CO)o3)cc2)n1. The summed E-state index contributed by atoms with van der Waals surface area (Å²) in [4.78, 5) is 4.21. The molecule has 0 aliphatic carbocycles. The van der Waals surface area contributed by atoms with Gasteiger partial charge in [-0.05, 0) is 36.4 Å². The zero-order valence-electron chi connectivity index (χ0n) is 11.7. The molecule has 0 atom stereocenters. The molecule has 2 N–H and O–H groups in total.